The zero-order valence-corrected chi connectivity index (χ0v) is 11.3. The molecule has 92 valence electrons. The number of aryl methyl sites for hydroxylation is 1. The predicted octanol–water partition coefficient (Wildman–Crippen LogP) is 3.28. The van der Waals surface area contributed by atoms with Crippen LogP contribution in [0.25, 0.3) is 0 Å². The predicted molar refractivity (Wildman–Crippen MR) is 67.8 cm³/mol. The lowest BCUT2D eigenvalue weighted by Crippen LogP contribution is -2.26. The number of nitrogens with zero attached hydrogens (tertiary/aromatic N) is 3. The summed E-state index contributed by atoms with van der Waals surface area (Å²) in [6.07, 6.45) is 5.85. The lowest BCUT2D eigenvalue weighted by molar-refractivity contribution is 0.289. The lowest BCUT2D eigenvalue weighted by atomic mass is 9.81. The maximum atomic E-state index is 6.11. The molecule has 0 N–H and O–H groups in total. The Hall–Kier alpha value is -0.570. The largest absolute Gasteiger partial charge is 0.250 e. The van der Waals surface area contributed by atoms with E-state index in [0.717, 1.165) is 38.1 Å². The Morgan fingerprint density at radius 1 is 1.31 bits per heavy atom. The molecule has 0 aliphatic carbocycles. The molecule has 1 aromatic heterocycles. The Kier molecular flexibility index (Phi) is 5.26. The summed E-state index contributed by atoms with van der Waals surface area (Å²) in [5, 5.41) is 4.26. The molecule has 1 rings (SSSR count). The lowest BCUT2D eigenvalue weighted by Gasteiger charge is -2.28. The Morgan fingerprint density at radius 2 is 2.00 bits per heavy atom. The van der Waals surface area contributed by atoms with Crippen molar-refractivity contribution in [3.8, 4) is 0 Å². The van der Waals surface area contributed by atoms with Crippen molar-refractivity contribution in [3.63, 3.8) is 0 Å². The van der Waals surface area contributed by atoms with Crippen LogP contribution in [0, 0.1) is 5.41 Å². The number of hydrogen-bond acceptors (Lipinski definition) is 2. The first-order valence-corrected chi connectivity index (χ1v) is 6.67. The second-order valence-electron chi connectivity index (χ2n) is 4.42. The molecule has 0 amide bonds. The van der Waals surface area contributed by atoms with Crippen molar-refractivity contribution >= 4 is 11.6 Å². The van der Waals surface area contributed by atoms with Gasteiger partial charge in [-0.1, -0.05) is 20.8 Å². The van der Waals surface area contributed by atoms with Crippen molar-refractivity contribution in [2.24, 2.45) is 5.41 Å². The molecule has 0 unspecified atom stereocenters. The van der Waals surface area contributed by atoms with Crippen molar-refractivity contribution in [2.75, 3.05) is 5.88 Å². The van der Waals surface area contributed by atoms with Gasteiger partial charge in [0.25, 0.3) is 0 Å². The van der Waals surface area contributed by atoms with E-state index in [1.165, 1.54) is 0 Å². The van der Waals surface area contributed by atoms with E-state index in [9.17, 15) is 0 Å². The highest BCUT2D eigenvalue weighted by molar-refractivity contribution is 6.18. The van der Waals surface area contributed by atoms with E-state index >= 15 is 0 Å². The number of alkyl halides is 1. The number of hydrogen-bond donors (Lipinski definition) is 0. The highest BCUT2D eigenvalue weighted by Gasteiger charge is 2.27. The highest BCUT2D eigenvalue weighted by atomic mass is 35.5. The van der Waals surface area contributed by atoms with E-state index in [4.69, 9.17) is 11.6 Å². The fourth-order valence-corrected chi connectivity index (χ4v) is 2.37. The summed E-state index contributed by atoms with van der Waals surface area (Å²) >= 11 is 6.11. The van der Waals surface area contributed by atoms with Gasteiger partial charge in [-0.2, -0.15) is 5.10 Å². The van der Waals surface area contributed by atoms with Crippen LogP contribution in [0.15, 0.2) is 6.33 Å². The summed E-state index contributed by atoms with van der Waals surface area (Å²) in [5.41, 5.74) is 0.181. The molecule has 1 aromatic rings. The van der Waals surface area contributed by atoms with Gasteiger partial charge in [0.2, 0.25) is 0 Å². The minimum absolute atomic E-state index is 0.181. The summed E-state index contributed by atoms with van der Waals surface area (Å²) in [5.74, 6) is 1.77. The van der Waals surface area contributed by atoms with Crippen LogP contribution in [0.3, 0.4) is 0 Å². The minimum Gasteiger partial charge on any atom is -0.250 e. The van der Waals surface area contributed by atoms with Crippen molar-refractivity contribution in [1.29, 1.82) is 0 Å². The summed E-state index contributed by atoms with van der Waals surface area (Å²) in [7, 11) is 0. The zero-order valence-electron chi connectivity index (χ0n) is 10.5. The van der Waals surface area contributed by atoms with Crippen LogP contribution in [0.1, 0.15) is 45.9 Å². The molecule has 0 bridgehead atoms. The third kappa shape index (κ3) is 2.97. The fraction of sp³-hybridized carbons (Fsp3) is 0.833. The van der Waals surface area contributed by atoms with Crippen molar-refractivity contribution in [3.05, 3.63) is 12.2 Å². The van der Waals surface area contributed by atoms with Crippen LogP contribution in [-0.4, -0.2) is 20.6 Å². The Balaban J connectivity index is 2.80. The number of aromatic nitrogens is 3. The van der Waals surface area contributed by atoms with E-state index in [2.05, 4.69) is 30.9 Å². The van der Waals surface area contributed by atoms with Crippen molar-refractivity contribution in [1.82, 2.24) is 14.8 Å². The van der Waals surface area contributed by atoms with Gasteiger partial charge in [-0.25, -0.2) is 4.98 Å². The SMILES string of the molecule is CCCn1ncnc1CC(CC)(CC)CCl. The summed E-state index contributed by atoms with van der Waals surface area (Å²) in [6.45, 7) is 7.50. The van der Waals surface area contributed by atoms with Gasteiger partial charge in [0.1, 0.15) is 12.2 Å². The van der Waals surface area contributed by atoms with E-state index in [1.54, 1.807) is 6.33 Å². The third-order valence-corrected chi connectivity index (χ3v) is 4.01. The second kappa shape index (κ2) is 6.24. The molecular weight excluding hydrogens is 222 g/mol. The molecule has 0 aliphatic heterocycles. The Morgan fingerprint density at radius 3 is 2.50 bits per heavy atom. The van der Waals surface area contributed by atoms with Gasteiger partial charge < -0.3 is 0 Å². The minimum atomic E-state index is 0.181. The first-order chi connectivity index (χ1) is 7.71. The molecule has 1 heterocycles. The standard InChI is InChI=1S/C12H22ClN3/c1-4-7-16-11(14-10-15-16)8-12(5-2,6-3)9-13/h10H,4-9H2,1-3H3. The molecule has 0 aliphatic rings. The molecule has 0 aromatic carbocycles. The van der Waals surface area contributed by atoms with Gasteiger partial charge in [-0.15, -0.1) is 11.6 Å². The Labute approximate surface area is 103 Å². The van der Waals surface area contributed by atoms with Crippen LogP contribution in [-0.2, 0) is 13.0 Å². The summed E-state index contributed by atoms with van der Waals surface area (Å²) < 4.78 is 2.01. The van der Waals surface area contributed by atoms with Crippen LogP contribution in [0.5, 0.6) is 0 Å². The quantitative estimate of drug-likeness (QED) is 0.689. The highest BCUT2D eigenvalue weighted by Crippen LogP contribution is 2.31. The maximum absolute atomic E-state index is 6.11. The normalized spacial score (nSPS) is 12.0. The van der Waals surface area contributed by atoms with Crippen LogP contribution >= 0.6 is 11.6 Å². The molecule has 4 heteroatoms. The zero-order chi connectivity index (χ0) is 12.0. The van der Waals surface area contributed by atoms with Crippen LogP contribution < -0.4 is 0 Å². The molecule has 0 fully saturated rings. The van der Waals surface area contributed by atoms with Crippen LogP contribution in [0.2, 0.25) is 0 Å². The van der Waals surface area contributed by atoms with E-state index in [1.807, 2.05) is 4.68 Å². The first kappa shape index (κ1) is 13.5. The molecular formula is C12H22ClN3. The number of rotatable bonds is 7. The third-order valence-electron chi connectivity index (χ3n) is 3.45. The average molecular weight is 244 g/mol. The van der Waals surface area contributed by atoms with Crippen molar-refractivity contribution < 1.29 is 0 Å². The molecule has 0 spiro atoms. The second-order valence-corrected chi connectivity index (χ2v) is 4.68. The van der Waals surface area contributed by atoms with Crippen LogP contribution in [0.4, 0.5) is 0 Å². The van der Waals surface area contributed by atoms with E-state index < -0.39 is 0 Å². The molecule has 3 nitrogen and oxygen atoms in total. The van der Waals surface area contributed by atoms with Gasteiger partial charge in [0, 0.05) is 18.8 Å². The summed E-state index contributed by atoms with van der Waals surface area (Å²) in [6, 6.07) is 0. The maximum Gasteiger partial charge on any atom is 0.138 e. The van der Waals surface area contributed by atoms with E-state index in [-0.39, 0.29) is 5.41 Å². The smallest absolute Gasteiger partial charge is 0.138 e. The first-order valence-electron chi connectivity index (χ1n) is 6.14. The molecule has 0 radical (unpaired) electrons. The average Bonchev–Trinajstić information content (AvgIpc) is 2.74. The molecule has 16 heavy (non-hydrogen) atoms. The summed E-state index contributed by atoms with van der Waals surface area (Å²) in [4.78, 5) is 4.36. The molecule has 0 saturated heterocycles. The monoisotopic (exact) mass is 243 g/mol. The molecule has 0 atom stereocenters. The van der Waals surface area contributed by atoms with Gasteiger partial charge >= 0.3 is 0 Å². The van der Waals surface area contributed by atoms with Gasteiger partial charge in [0.15, 0.2) is 0 Å². The topological polar surface area (TPSA) is 30.7 Å². The van der Waals surface area contributed by atoms with Gasteiger partial charge in [-0.3, -0.25) is 4.68 Å². The van der Waals surface area contributed by atoms with Gasteiger partial charge in [0.05, 0.1) is 0 Å². The number of halogens is 1. The fourth-order valence-electron chi connectivity index (χ4n) is 1.90. The Bertz CT molecular complexity index is 297. The van der Waals surface area contributed by atoms with E-state index in [0.29, 0.717) is 5.88 Å². The van der Waals surface area contributed by atoms with Gasteiger partial charge in [-0.05, 0) is 24.7 Å². The van der Waals surface area contributed by atoms with Crippen molar-refractivity contribution in [2.45, 2.75) is 53.0 Å². The molecule has 0 saturated carbocycles.